The van der Waals surface area contributed by atoms with Crippen LogP contribution in [0.25, 0.3) is 0 Å². The molecule has 3 aromatic carbocycles. The lowest BCUT2D eigenvalue weighted by Crippen LogP contribution is -2.33. The molecular weight excluding hydrogens is 442 g/mol. The fourth-order valence-electron chi connectivity index (χ4n) is 3.03. The van der Waals surface area contributed by atoms with E-state index in [1.165, 1.54) is 0 Å². The van der Waals surface area contributed by atoms with Gasteiger partial charge in [-0.1, -0.05) is 41.9 Å². The number of esters is 1. The number of hydrazone groups is 1. The lowest BCUT2D eigenvalue weighted by Gasteiger charge is -2.11. The van der Waals surface area contributed by atoms with Gasteiger partial charge >= 0.3 is 17.8 Å². The maximum Gasteiger partial charge on any atom is 0.343 e. The standard InChI is InChI=1S/C25H22ClN3O4/c1-15-7-6-8-16(2)22(15)27-23(30)24(31)29-28-17(3)20-9-4-5-10-21(20)33-25(32)18-11-13-19(26)14-12-18/h4-14H,1-3H3,(H,27,30)(H,29,31)/b28-17+. The topological polar surface area (TPSA) is 96.9 Å². The number of ether oxygens (including phenoxy) is 1. The van der Waals surface area contributed by atoms with Crippen molar-refractivity contribution in [1.82, 2.24) is 5.43 Å². The van der Waals surface area contributed by atoms with Gasteiger partial charge in [0.1, 0.15) is 5.75 Å². The Hall–Kier alpha value is -3.97. The molecule has 2 amide bonds. The summed E-state index contributed by atoms with van der Waals surface area (Å²) >= 11 is 5.86. The first-order chi connectivity index (χ1) is 15.8. The van der Waals surface area contributed by atoms with E-state index in [9.17, 15) is 14.4 Å². The minimum atomic E-state index is -0.923. The maximum absolute atomic E-state index is 12.5. The maximum atomic E-state index is 12.5. The summed E-state index contributed by atoms with van der Waals surface area (Å²) in [6.45, 7) is 5.30. The molecule has 0 atom stereocenters. The molecule has 7 nitrogen and oxygen atoms in total. The fourth-order valence-corrected chi connectivity index (χ4v) is 3.15. The average molecular weight is 464 g/mol. The third-order valence-electron chi connectivity index (χ3n) is 4.81. The number of hydrogen-bond acceptors (Lipinski definition) is 5. The molecule has 3 aromatic rings. The van der Waals surface area contributed by atoms with Crippen LogP contribution in [0.5, 0.6) is 5.75 Å². The minimum Gasteiger partial charge on any atom is -0.422 e. The van der Waals surface area contributed by atoms with Crippen LogP contribution in [0, 0.1) is 13.8 Å². The van der Waals surface area contributed by atoms with Crippen LogP contribution in [0.15, 0.2) is 71.8 Å². The van der Waals surface area contributed by atoms with Gasteiger partial charge < -0.3 is 10.1 Å². The number of halogens is 1. The molecule has 0 aromatic heterocycles. The lowest BCUT2D eigenvalue weighted by molar-refractivity contribution is -0.136. The second-order valence-corrected chi connectivity index (χ2v) is 7.69. The summed E-state index contributed by atoms with van der Waals surface area (Å²) in [5, 5.41) is 7.11. The van der Waals surface area contributed by atoms with Crippen LogP contribution in [-0.4, -0.2) is 23.5 Å². The average Bonchev–Trinajstić information content (AvgIpc) is 2.80. The second-order valence-electron chi connectivity index (χ2n) is 7.25. The molecule has 0 fully saturated rings. The summed E-state index contributed by atoms with van der Waals surface area (Å²) in [7, 11) is 0. The number of anilines is 1. The number of amides is 2. The molecule has 33 heavy (non-hydrogen) atoms. The zero-order valence-corrected chi connectivity index (χ0v) is 19.1. The predicted octanol–water partition coefficient (Wildman–Crippen LogP) is 4.65. The highest BCUT2D eigenvalue weighted by Crippen LogP contribution is 2.21. The zero-order chi connectivity index (χ0) is 24.0. The van der Waals surface area contributed by atoms with Gasteiger partial charge in [-0.05, 0) is 68.3 Å². The lowest BCUT2D eigenvalue weighted by atomic mass is 10.1. The number of carbonyl (C=O) groups is 3. The second kappa shape index (κ2) is 10.6. The van der Waals surface area contributed by atoms with Crippen molar-refractivity contribution < 1.29 is 19.1 Å². The molecule has 0 bridgehead atoms. The van der Waals surface area contributed by atoms with Gasteiger partial charge in [-0.25, -0.2) is 10.2 Å². The minimum absolute atomic E-state index is 0.257. The van der Waals surface area contributed by atoms with Crippen LogP contribution in [0.1, 0.15) is 34.0 Å². The third-order valence-corrected chi connectivity index (χ3v) is 5.06. The first-order valence-corrected chi connectivity index (χ1v) is 10.4. The zero-order valence-electron chi connectivity index (χ0n) is 18.3. The predicted molar refractivity (Wildman–Crippen MR) is 128 cm³/mol. The smallest absolute Gasteiger partial charge is 0.343 e. The van der Waals surface area contributed by atoms with Crippen molar-refractivity contribution in [2.45, 2.75) is 20.8 Å². The monoisotopic (exact) mass is 463 g/mol. The highest BCUT2D eigenvalue weighted by molar-refractivity contribution is 6.39. The number of nitrogens with zero attached hydrogens (tertiary/aromatic N) is 1. The number of para-hydroxylation sites is 2. The van der Waals surface area contributed by atoms with Gasteiger partial charge in [-0.15, -0.1) is 0 Å². The van der Waals surface area contributed by atoms with Crippen molar-refractivity contribution in [3.05, 3.63) is 94.0 Å². The van der Waals surface area contributed by atoms with E-state index in [0.29, 0.717) is 27.5 Å². The normalized spacial score (nSPS) is 11.0. The number of hydrogen-bond donors (Lipinski definition) is 2. The number of carbonyl (C=O) groups excluding carboxylic acids is 3. The number of aryl methyl sites for hydroxylation is 2. The molecule has 0 spiro atoms. The molecule has 0 saturated carbocycles. The summed E-state index contributed by atoms with van der Waals surface area (Å²) in [5.41, 5.74) is 5.67. The van der Waals surface area contributed by atoms with Gasteiger partial charge in [0.2, 0.25) is 0 Å². The molecule has 0 aliphatic carbocycles. The first kappa shape index (κ1) is 23.7. The Morgan fingerprint density at radius 1 is 0.848 bits per heavy atom. The Labute approximate surface area is 196 Å². The molecule has 0 saturated heterocycles. The molecule has 168 valence electrons. The van der Waals surface area contributed by atoms with E-state index < -0.39 is 17.8 Å². The molecule has 0 unspecified atom stereocenters. The molecule has 0 radical (unpaired) electrons. The van der Waals surface area contributed by atoms with Gasteiger partial charge in [-0.2, -0.15) is 5.10 Å². The molecule has 0 aliphatic heterocycles. The van der Waals surface area contributed by atoms with Crippen LogP contribution in [0.3, 0.4) is 0 Å². The molecule has 0 aliphatic rings. The summed E-state index contributed by atoms with van der Waals surface area (Å²) < 4.78 is 5.50. The molecule has 2 N–H and O–H groups in total. The Bertz CT molecular complexity index is 1220. The number of benzene rings is 3. The quantitative estimate of drug-likeness (QED) is 0.189. The van der Waals surface area contributed by atoms with E-state index in [1.807, 2.05) is 32.0 Å². The number of nitrogens with one attached hydrogen (secondary N) is 2. The first-order valence-electron chi connectivity index (χ1n) is 10.0. The SMILES string of the molecule is C/C(=N\NC(=O)C(=O)Nc1c(C)cccc1C)c1ccccc1OC(=O)c1ccc(Cl)cc1. The van der Waals surface area contributed by atoms with Crippen LogP contribution in [-0.2, 0) is 9.59 Å². The largest absolute Gasteiger partial charge is 0.422 e. The molecule has 0 heterocycles. The summed E-state index contributed by atoms with van der Waals surface area (Å²) in [6, 6.07) is 18.6. The van der Waals surface area contributed by atoms with E-state index >= 15 is 0 Å². The third kappa shape index (κ3) is 6.05. The van der Waals surface area contributed by atoms with Crippen LogP contribution in [0.2, 0.25) is 5.02 Å². The summed E-state index contributed by atoms with van der Waals surface area (Å²) in [4.78, 5) is 37.0. The van der Waals surface area contributed by atoms with Crippen molar-refractivity contribution in [3.8, 4) is 5.75 Å². The van der Waals surface area contributed by atoms with Gasteiger partial charge in [0.15, 0.2) is 0 Å². The Morgan fingerprint density at radius 2 is 1.48 bits per heavy atom. The fraction of sp³-hybridized carbons (Fsp3) is 0.120. The highest BCUT2D eigenvalue weighted by atomic mass is 35.5. The Kier molecular flexibility index (Phi) is 7.58. The van der Waals surface area contributed by atoms with E-state index in [0.717, 1.165) is 11.1 Å². The van der Waals surface area contributed by atoms with Crippen molar-refractivity contribution in [2.24, 2.45) is 5.10 Å². The van der Waals surface area contributed by atoms with Gasteiger partial charge in [0.25, 0.3) is 0 Å². The molecule has 8 heteroatoms. The number of rotatable bonds is 5. The van der Waals surface area contributed by atoms with E-state index in [1.54, 1.807) is 55.5 Å². The van der Waals surface area contributed by atoms with Crippen molar-refractivity contribution >= 4 is 40.8 Å². The molecular formula is C25H22ClN3O4. The van der Waals surface area contributed by atoms with E-state index in [-0.39, 0.29) is 5.75 Å². The highest BCUT2D eigenvalue weighted by Gasteiger charge is 2.17. The van der Waals surface area contributed by atoms with Gasteiger partial charge in [0, 0.05) is 16.3 Å². The van der Waals surface area contributed by atoms with Crippen LogP contribution >= 0.6 is 11.6 Å². The van der Waals surface area contributed by atoms with Crippen molar-refractivity contribution in [3.63, 3.8) is 0 Å². The summed E-state index contributed by atoms with van der Waals surface area (Å²) in [5.74, 6) is -2.07. The van der Waals surface area contributed by atoms with Crippen LogP contribution in [0.4, 0.5) is 5.69 Å². The van der Waals surface area contributed by atoms with Gasteiger partial charge in [0.05, 0.1) is 11.3 Å². The van der Waals surface area contributed by atoms with E-state index in [2.05, 4.69) is 15.8 Å². The summed E-state index contributed by atoms with van der Waals surface area (Å²) in [6.07, 6.45) is 0. The Balaban J connectivity index is 1.70. The van der Waals surface area contributed by atoms with E-state index in [4.69, 9.17) is 16.3 Å². The van der Waals surface area contributed by atoms with Crippen molar-refractivity contribution in [2.75, 3.05) is 5.32 Å². The Morgan fingerprint density at radius 3 is 2.15 bits per heavy atom. The van der Waals surface area contributed by atoms with Crippen molar-refractivity contribution in [1.29, 1.82) is 0 Å². The molecule has 3 rings (SSSR count). The van der Waals surface area contributed by atoms with Gasteiger partial charge in [-0.3, -0.25) is 9.59 Å². The van der Waals surface area contributed by atoms with Crippen LogP contribution < -0.4 is 15.5 Å².